The first kappa shape index (κ1) is 16.6. The maximum atomic E-state index is 12.7. The predicted molar refractivity (Wildman–Crippen MR) is 93.5 cm³/mol. The fourth-order valence-corrected chi connectivity index (χ4v) is 4.79. The summed E-state index contributed by atoms with van der Waals surface area (Å²) in [5, 5.41) is 4.21. The third-order valence-electron chi connectivity index (χ3n) is 4.95. The minimum absolute atomic E-state index is 0.128. The largest absolute Gasteiger partial charge is 0.598 e. The summed E-state index contributed by atoms with van der Waals surface area (Å²) in [5.41, 5.74) is 2.76. The molecule has 1 aliphatic heterocycles. The van der Waals surface area contributed by atoms with Gasteiger partial charge in [-0.2, -0.15) is 0 Å². The molecule has 1 spiro atoms. The van der Waals surface area contributed by atoms with Crippen LogP contribution in [0.15, 0.2) is 18.2 Å². The second kappa shape index (κ2) is 5.99. The number of fused-ring (bicyclic) bond motifs is 1. The summed E-state index contributed by atoms with van der Waals surface area (Å²) in [6.07, 6.45) is 3.27. The Bertz CT molecular complexity index is 552. The van der Waals surface area contributed by atoms with E-state index in [4.69, 9.17) is 11.6 Å². The van der Waals surface area contributed by atoms with Gasteiger partial charge in [-0.15, -0.1) is 4.72 Å². The van der Waals surface area contributed by atoms with Crippen molar-refractivity contribution in [3.8, 4) is 0 Å². The van der Waals surface area contributed by atoms with Crippen LogP contribution < -0.4 is 10.0 Å². The number of hydrogen-bond acceptors (Lipinski definition) is 3. The van der Waals surface area contributed by atoms with Crippen molar-refractivity contribution in [2.24, 2.45) is 5.41 Å². The Morgan fingerprint density at radius 1 is 1.32 bits per heavy atom. The fourth-order valence-electron chi connectivity index (χ4n) is 3.67. The average molecular weight is 341 g/mol. The van der Waals surface area contributed by atoms with Gasteiger partial charge in [0.25, 0.3) is 0 Å². The second-order valence-corrected chi connectivity index (χ2v) is 10.00. The van der Waals surface area contributed by atoms with Gasteiger partial charge < -0.3 is 9.87 Å². The van der Waals surface area contributed by atoms with Crippen LogP contribution in [0, 0.1) is 5.41 Å². The number of halogens is 1. The zero-order valence-corrected chi connectivity index (χ0v) is 15.1. The summed E-state index contributed by atoms with van der Waals surface area (Å²) in [4.78, 5) is 0. The first-order valence-electron chi connectivity index (χ1n) is 7.99. The molecular weight excluding hydrogens is 316 g/mol. The van der Waals surface area contributed by atoms with Crippen LogP contribution in [-0.2, 0) is 17.8 Å². The van der Waals surface area contributed by atoms with Crippen molar-refractivity contribution in [3.63, 3.8) is 0 Å². The van der Waals surface area contributed by atoms with Gasteiger partial charge in [0, 0.05) is 21.8 Å². The second-order valence-electron chi connectivity index (χ2n) is 7.56. The van der Waals surface area contributed by atoms with Gasteiger partial charge in [-0.25, -0.2) is 0 Å². The molecule has 0 aromatic heterocycles. The Kier molecular flexibility index (Phi) is 4.52. The molecule has 2 N–H and O–H groups in total. The van der Waals surface area contributed by atoms with Crippen LogP contribution in [-0.4, -0.2) is 22.4 Å². The minimum atomic E-state index is -1.08. The molecule has 2 aliphatic rings. The quantitative estimate of drug-likeness (QED) is 0.811. The molecule has 2 atom stereocenters. The lowest BCUT2D eigenvalue weighted by molar-refractivity contribution is 0.163. The lowest BCUT2D eigenvalue weighted by Crippen LogP contribution is -2.48. The molecule has 1 aliphatic carbocycles. The summed E-state index contributed by atoms with van der Waals surface area (Å²) in [6, 6.07) is 6.30. The summed E-state index contributed by atoms with van der Waals surface area (Å²) in [5.74, 6) is 0. The van der Waals surface area contributed by atoms with E-state index in [1.807, 2.05) is 26.8 Å². The topological polar surface area (TPSA) is 47.1 Å². The average Bonchev–Trinajstić information content (AvgIpc) is 2.72. The van der Waals surface area contributed by atoms with Crippen molar-refractivity contribution < 1.29 is 4.55 Å². The van der Waals surface area contributed by atoms with E-state index in [1.54, 1.807) is 0 Å². The van der Waals surface area contributed by atoms with Gasteiger partial charge in [-0.3, -0.25) is 0 Å². The van der Waals surface area contributed by atoms with Gasteiger partial charge in [0.15, 0.2) is 0 Å². The third kappa shape index (κ3) is 3.04. The molecule has 1 aromatic carbocycles. The maximum Gasteiger partial charge on any atom is 0.136 e. The molecule has 22 heavy (non-hydrogen) atoms. The van der Waals surface area contributed by atoms with Crippen molar-refractivity contribution in [1.82, 2.24) is 10.0 Å². The summed E-state index contributed by atoms with van der Waals surface area (Å²) >= 11 is 5.14. The Balaban J connectivity index is 1.95. The molecule has 2 unspecified atom stereocenters. The van der Waals surface area contributed by atoms with Crippen LogP contribution >= 0.6 is 11.6 Å². The third-order valence-corrected chi connectivity index (χ3v) is 6.75. The van der Waals surface area contributed by atoms with E-state index in [2.05, 4.69) is 22.2 Å². The molecule has 5 heteroatoms. The molecule has 1 aromatic rings. The molecule has 1 saturated heterocycles. The first-order chi connectivity index (χ1) is 10.3. The highest BCUT2D eigenvalue weighted by atomic mass is 35.5. The number of hydrogen-bond donors (Lipinski definition) is 2. The van der Waals surface area contributed by atoms with Gasteiger partial charge in [-0.1, -0.05) is 17.7 Å². The van der Waals surface area contributed by atoms with Crippen LogP contribution in [0.5, 0.6) is 0 Å². The van der Waals surface area contributed by atoms with E-state index in [9.17, 15) is 4.55 Å². The highest BCUT2D eigenvalue weighted by Gasteiger charge is 2.49. The highest BCUT2D eigenvalue weighted by molar-refractivity contribution is 7.90. The smallest absolute Gasteiger partial charge is 0.136 e. The molecule has 1 heterocycles. The number of benzene rings is 1. The molecule has 0 bridgehead atoms. The van der Waals surface area contributed by atoms with E-state index in [-0.39, 0.29) is 16.2 Å². The fraction of sp³-hybridized carbons (Fsp3) is 0.647. The normalized spacial score (nSPS) is 25.2. The molecule has 1 fully saturated rings. The Morgan fingerprint density at radius 2 is 2.00 bits per heavy atom. The Labute approximate surface area is 141 Å². The first-order valence-corrected chi connectivity index (χ1v) is 9.52. The highest BCUT2D eigenvalue weighted by Crippen LogP contribution is 2.52. The van der Waals surface area contributed by atoms with Crippen molar-refractivity contribution in [1.29, 1.82) is 0 Å². The zero-order chi connectivity index (χ0) is 16.0. The molecule has 122 valence electrons. The van der Waals surface area contributed by atoms with Crippen LogP contribution in [0.2, 0.25) is 5.02 Å². The SMILES string of the molecule is CC(C)(C)[S+]([O-])NC1c2cc(Cl)ccc2CC12CCNCC2. The van der Waals surface area contributed by atoms with Crippen LogP contribution in [0.25, 0.3) is 0 Å². The summed E-state index contributed by atoms with van der Waals surface area (Å²) < 4.78 is 15.9. The van der Waals surface area contributed by atoms with E-state index < -0.39 is 11.4 Å². The van der Waals surface area contributed by atoms with E-state index >= 15 is 0 Å². The number of nitrogens with one attached hydrogen (secondary N) is 2. The van der Waals surface area contributed by atoms with Gasteiger partial charge in [-0.05, 0) is 76.4 Å². The lowest BCUT2D eigenvalue weighted by atomic mass is 9.73. The number of piperidine rings is 1. The summed E-state index contributed by atoms with van der Waals surface area (Å²) in [6.45, 7) is 8.10. The molecule has 0 saturated carbocycles. The van der Waals surface area contributed by atoms with E-state index in [1.165, 1.54) is 11.1 Å². The zero-order valence-electron chi connectivity index (χ0n) is 13.5. The minimum Gasteiger partial charge on any atom is -0.598 e. The Hall–Kier alpha value is -0.260. The number of rotatable bonds is 2. The summed E-state index contributed by atoms with van der Waals surface area (Å²) in [7, 11) is 0. The van der Waals surface area contributed by atoms with E-state index in [0.717, 1.165) is 37.4 Å². The van der Waals surface area contributed by atoms with Crippen LogP contribution in [0.3, 0.4) is 0 Å². The molecule has 0 amide bonds. The molecule has 0 radical (unpaired) electrons. The van der Waals surface area contributed by atoms with Gasteiger partial charge >= 0.3 is 0 Å². The van der Waals surface area contributed by atoms with E-state index in [0.29, 0.717) is 0 Å². The van der Waals surface area contributed by atoms with Crippen LogP contribution in [0.1, 0.15) is 50.8 Å². The molecule has 3 nitrogen and oxygen atoms in total. The van der Waals surface area contributed by atoms with Gasteiger partial charge in [0.1, 0.15) is 4.75 Å². The predicted octanol–water partition coefficient (Wildman–Crippen LogP) is 3.36. The van der Waals surface area contributed by atoms with Crippen molar-refractivity contribution >= 4 is 23.0 Å². The standard InChI is InChI=1S/C17H25ClN2OS/c1-16(2,3)22(21)20-15-14-10-13(18)5-4-12(14)11-17(15)6-8-19-9-7-17/h4-5,10,15,19-20H,6-9,11H2,1-3H3. The Morgan fingerprint density at radius 3 is 2.64 bits per heavy atom. The van der Waals surface area contributed by atoms with Gasteiger partial charge in [0.05, 0.1) is 6.04 Å². The monoisotopic (exact) mass is 340 g/mol. The van der Waals surface area contributed by atoms with Crippen molar-refractivity contribution in [3.05, 3.63) is 34.3 Å². The van der Waals surface area contributed by atoms with Crippen LogP contribution in [0.4, 0.5) is 0 Å². The molecular formula is C17H25ClN2OS. The van der Waals surface area contributed by atoms with Crippen molar-refractivity contribution in [2.45, 2.75) is 50.8 Å². The van der Waals surface area contributed by atoms with Crippen molar-refractivity contribution in [2.75, 3.05) is 13.1 Å². The molecule has 3 rings (SSSR count). The van der Waals surface area contributed by atoms with Gasteiger partial charge in [0.2, 0.25) is 0 Å². The maximum absolute atomic E-state index is 12.7. The lowest BCUT2D eigenvalue weighted by Gasteiger charge is -2.40.